The number of benzene rings is 1. The fraction of sp³-hybridized carbons (Fsp3) is 0.318. The van der Waals surface area contributed by atoms with Crippen LogP contribution in [0.15, 0.2) is 46.1 Å². The molecule has 1 unspecified atom stereocenters. The molecule has 8 nitrogen and oxygen atoms in total. The summed E-state index contributed by atoms with van der Waals surface area (Å²) >= 11 is 4.60. The van der Waals surface area contributed by atoms with E-state index in [-0.39, 0.29) is 30.7 Å². The fourth-order valence-corrected chi connectivity index (χ4v) is 6.82. The Kier molecular flexibility index (Phi) is 5.94. The van der Waals surface area contributed by atoms with Crippen LogP contribution in [0.25, 0.3) is 0 Å². The molecule has 4 heterocycles. The van der Waals surface area contributed by atoms with Crippen molar-refractivity contribution in [1.82, 2.24) is 15.1 Å². The zero-order valence-corrected chi connectivity index (χ0v) is 20.3. The first-order valence-corrected chi connectivity index (χ1v) is 13.2. The minimum Gasteiger partial charge on any atom is -0.315 e. The molecule has 0 bridgehead atoms. The van der Waals surface area contributed by atoms with E-state index in [1.54, 1.807) is 45.0 Å². The smallest absolute Gasteiger partial charge is 0.257 e. The Bertz CT molecular complexity index is 1210. The highest BCUT2D eigenvalue weighted by Gasteiger charge is 2.52. The van der Waals surface area contributed by atoms with Gasteiger partial charge in [0.2, 0.25) is 16.9 Å². The molecule has 3 amide bonds. The zero-order chi connectivity index (χ0) is 23.0. The van der Waals surface area contributed by atoms with Crippen LogP contribution in [0, 0.1) is 0 Å². The molecule has 11 heteroatoms. The van der Waals surface area contributed by atoms with Crippen LogP contribution in [-0.4, -0.2) is 45.0 Å². The summed E-state index contributed by atoms with van der Waals surface area (Å²) < 4.78 is 0.786. The molecular formula is C22H21N5O3S3. The van der Waals surface area contributed by atoms with E-state index >= 15 is 0 Å². The summed E-state index contributed by atoms with van der Waals surface area (Å²) in [6.07, 6.45) is 1.01. The second kappa shape index (κ2) is 8.88. The summed E-state index contributed by atoms with van der Waals surface area (Å²) in [5.74, 6) is 0.405. The van der Waals surface area contributed by atoms with Gasteiger partial charge in [0.15, 0.2) is 4.34 Å². The lowest BCUT2D eigenvalue weighted by atomic mass is 9.98. The Morgan fingerprint density at radius 2 is 2.06 bits per heavy atom. The Hall–Kier alpha value is -2.76. The lowest BCUT2D eigenvalue weighted by Gasteiger charge is -2.48. The molecular weight excluding hydrogens is 478 g/mol. The van der Waals surface area contributed by atoms with Crippen molar-refractivity contribution in [2.45, 2.75) is 41.9 Å². The van der Waals surface area contributed by atoms with Crippen molar-refractivity contribution >= 4 is 63.0 Å². The summed E-state index contributed by atoms with van der Waals surface area (Å²) in [7, 11) is 0. The van der Waals surface area contributed by atoms with Crippen LogP contribution < -0.4 is 10.2 Å². The number of aromatic nitrogens is 2. The number of nitrogens with one attached hydrogen (secondary N) is 1. The Morgan fingerprint density at radius 3 is 2.88 bits per heavy atom. The van der Waals surface area contributed by atoms with Gasteiger partial charge in [0.05, 0.1) is 11.3 Å². The third-order valence-corrected chi connectivity index (χ3v) is 8.96. The number of anilines is 2. The minimum absolute atomic E-state index is 0.00617. The molecule has 2 aliphatic rings. The van der Waals surface area contributed by atoms with E-state index in [2.05, 4.69) is 21.6 Å². The number of rotatable bonds is 7. The molecule has 3 aromatic rings. The topological polar surface area (TPSA) is 95.5 Å². The van der Waals surface area contributed by atoms with E-state index in [0.717, 1.165) is 10.1 Å². The Morgan fingerprint density at radius 1 is 1.21 bits per heavy atom. The highest BCUT2D eigenvalue weighted by Crippen LogP contribution is 2.44. The molecule has 2 aliphatic heterocycles. The lowest BCUT2D eigenvalue weighted by Crippen LogP contribution is -2.62. The highest BCUT2D eigenvalue weighted by molar-refractivity contribution is 8.00. The number of fused-ring (bicyclic) bond motifs is 3. The first kappa shape index (κ1) is 22.1. The van der Waals surface area contributed by atoms with Gasteiger partial charge in [0.1, 0.15) is 5.66 Å². The first-order valence-electron chi connectivity index (χ1n) is 10.5. The lowest BCUT2D eigenvalue weighted by molar-refractivity contribution is -0.117. The van der Waals surface area contributed by atoms with Crippen molar-refractivity contribution < 1.29 is 14.4 Å². The summed E-state index contributed by atoms with van der Waals surface area (Å²) in [5.41, 5.74) is 0.369. The number of para-hydroxylation sites is 1. The predicted octanol–water partition coefficient (Wildman–Crippen LogP) is 4.22. The second-order valence-corrected chi connectivity index (χ2v) is 11.2. The molecule has 1 fully saturated rings. The maximum atomic E-state index is 13.2. The molecule has 170 valence electrons. The minimum atomic E-state index is -0.767. The monoisotopic (exact) mass is 499 g/mol. The average molecular weight is 500 g/mol. The average Bonchev–Trinajstić information content (AvgIpc) is 3.54. The van der Waals surface area contributed by atoms with Crippen molar-refractivity contribution in [3.05, 3.63) is 52.2 Å². The van der Waals surface area contributed by atoms with Crippen LogP contribution >= 0.6 is 34.4 Å². The molecule has 0 radical (unpaired) electrons. The Balaban J connectivity index is 1.23. The van der Waals surface area contributed by atoms with Gasteiger partial charge in [-0.05, 0) is 36.9 Å². The van der Waals surface area contributed by atoms with Crippen LogP contribution in [0.4, 0.5) is 10.8 Å². The molecule has 5 rings (SSSR count). The standard InChI is InChI=1S/C22H21N5O3S3/c1-22-10-8-18(29)27(22)16-7-3-2-6-15(16)19(30)26(22)11-9-17(28)23-20-24-25-21(33-20)32-13-14-5-4-12-31-14/h2-7,12H,8-11,13H2,1H3,(H,23,24,28). The molecule has 33 heavy (non-hydrogen) atoms. The van der Waals surface area contributed by atoms with Crippen LogP contribution in [0.5, 0.6) is 0 Å². The molecule has 1 saturated heterocycles. The number of carbonyl (C=O) groups is 3. The van der Waals surface area contributed by atoms with Gasteiger partial charge >= 0.3 is 0 Å². The first-order chi connectivity index (χ1) is 16.0. The molecule has 2 aromatic heterocycles. The summed E-state index contributed by atoms with van der Waals surface area (Å²) in [4.78, 5) is 43.1. The van der Waals surface area contributed by atoms with E-state index in [1.165, 1.54) is 16.2 Å². The summed E-state index contributed by atoms with van der Waals surface area (Å²) in [6, 6.07) is 11.2. The molecule has 0 saturated carbocycles. The van der Waals surface area contributed by atoms with E-state index in [4.69, 9.17) is 0 Å². The van der Waals surface area contributed by atoms with Crippen molar-refractivity contribution in [2.24, 2.45) is 0 Å². The number of amides is 3. The molecule has 1 atom stereocenters. The molecule has 0 aliphatic carbocycles. The van der Waals surface area contributed by atoms with Crippen LogP contribution in [0.3, 0.4) is 0 Å². The van der Waals surface area contributed by atoms with E-state index in [1.807, 2.05) is 30.5 Å². The van der Waals surface area contributed by atoms with Gasteiger partial charge in [-0.15, -0.1) is 21.5 Å². The zero-order valence-electron chi connectivity index (χ0n) is 17.8. The number of hydrogen-bond donors (Lipinski definition) is 1. The maximum absolute atomic E-state index is 13.2. The normalized spacial score (nSPS) is 19.5. The van der Waals surface area contributed by atoms with Gasteiger partial charge in [-0.25, -0.2) is 0 Å². The quantitative estimate of drug-likeness (QED) is 0.386. The van der Waals surface area contributed by atoms with Gasteiger partial charge in [0, 0.05) is 30.0 Å². The SMILES string of the molecule is CC12CCC(=O)N1c1ccccc1C(=O)N2CCC(=O)Nc1nnc(SCc2cccs2)s1. The van der Waals surface area contributed by atoms with Crippen molar-refractivity contribution in [3.63, 3.8) is 0 Å². The Labute approximate surface area is 203 Å². The molecule has 1 N–H and O–H groups in total. The maximum Gasteiger partial charge on any atom is 0.257 e. The van der Waals surface area contributed by atoms with E-state index in [0.29, 0.717) is 29.2 Å². The van der Waals surface area contributed by atoms with Crippen LogP contribution in [0.2, 0.25) is 0 Å². The van der Waals surface area contributed by atoms with Gasteiger partial charge in [-0.1, -0.05) is 41.3 Å². The molecule has 0 spiro atoms. The predicted molar refractivity (Wildman–Crippen MR) is 130 cm³/mol. The summed E-state index contributed by atoms with van der Waals surface area (Å²) in [6.45, 7) is 2.10. The fourth-order valence-electron chi connectivity index (χ4n) is 4.28. The number of carbonyl (C=O) groups excluding carboxylic acids is 3. The van der Waals surface area contributed by atoms with E-state index < -0.39 is 5.66 Å². The van der Waals surface area contributed by atoms with Crippen molar-refractivity contribution in [2.75, 3.05) is 16.8 Å². The molecule has 1 aromatic carbocycles. The van der Waals surface area contributed by atoms with Gasteiger partial charge < -0.3 is 10.2 Å². The van der Waals surface area contributed by atoms with Crippen LogP contribution in [-0.2, 0) is 15.3 Å². The third-order valence-electron chi connectivity index (χ3n) is 5.88. The summed E-state index contributed by atoms with van der Waals surface area (Å²) in [5, 5.41) is 13.5. The van der Waals surface area contributed by atoms with Gasteiger partial charge in [-0.2, -0.15) is 0 Å². The number of thioether (sulfide) groups is 1. The van der Waals surface area contributed by atoms with Crippen molar-refractivity contribution in [3.8, 4) is 0 Å². The largest absolute Gasteiger partial charge is 0.315 e. The number of hydrogen-bond acceptors (Lipinski definition) is 8. The van der Waals surface area contributed by atoms with E-state index in [9.17, 15) is 14.4 Å². The second-order valence-electron chi connectivity index (χ2n) is 7.96. The third kappa shape index (κ3) is 4.16. The van der Waals surface area contributed by atoms with Crippen molar-refractivity contribution in [1.29, 1.82) is 0 Å². The highest BCUT2D eigenvalue weighted by atomic mass is 32.2. The van der Waals surface area contributed by atoms with Gasteiger partial charge in [-0.3, -0.25) is 19.3 Å². The number of nitrogens with zero attached hydrogens (tertiary/aromatic N) is 4. The van der Waals surface area contributed by atoms with Gasteiger partial charge in [0.25, 0.3) is 5.91 Å². The number of thiophene rings is 1. The van der Waals surface area contributed by atoms with Crippen LogP contribution in [0.1, 0.15) is 41.4 Å².